The van der Waals surface area contributed by atoms with E-state index in [1.54, 1.807) is 18.3 Å². The van der Waals surface area contributed by atoms with Crippen LogP contribution in [0.3, 0.4) is 0 Å². The second-order valence-electron chi connectivity index (χ2n) is 5.52. The number of nitrogens with zero attached hydrogens (tertiary/aromatic N) is 2. The molecule has 1 amide bonds. The lowest BCUT2D eigenvalue weighted by atomic mass is 10.1. The van der Waals surface area contributed by atoms with Crippen LogP contribution in [-0.4, -0.2) is 15.7 Å². The third-order valence-corrected chi connectivity index (χ3v) is 4.20. The number of carbonyl (C=O) groups excluding carboxylic acids is 1. The number of hydrogen-bond donors (Lipinski definition) is 1. The Morgan fingerprint density at radius 3 is 2.58 bits per heavy atom. The van der Waals surface area contributed by atoms with Crippen LogP contribution in [0.5, 0.6) is 0 Å². The molecule has 0 unspecified atom stereocenters. The average molecular weight is 388 g/mol. The van der Waals surface area contributed by atoms with Gasteiger partial charge in [-0.2, -0.15) is 5.10 Å². The molecule has 2 aromatic carbocycles. The summed E-state index contributed by atoms with van der Waals surface area (Å²) >= 11 is 3.36. The smallest absolute Gasteiger partial charge is 0.277 e. The second-order valence-corrected chi connectivity index (χ2v) is 6.37. The van der Waals surface area contributed by atoms with Gasteiger partial charge in [0.15, 0.2) is 5.69 Å². The Labute approximate surface area is 147 Å². The SMILES string of the molecule is Cc1ccc(C)c(NC(=O)c2nn(-c3ccc(F)cc3)cc2Br)c1. The van der Waals surface area contributed by atoms with Crippen molar-refractivity contribution in [2.45, 2.75) is 13.8 Å². The molecule has 6 heteroatoms. The molecule has 4 nitrogen and oxygen atoms in total. The molecule has 1 N–H and O–H groups in total. The second kappa shape index (κ2) is 6.57. The van der Waals surface area contributed by atoms with Crippen molar-refractivity contribution in [3.63, 3.8) is 0 Å². The number of aryl methyl sites for hydroxylation is 2. The Bertz CT molecular complexity index is 903. The fraction of sp³-hybridized carbons (Fsp3) is 0.111. The van der Waals surface area contributed by atoms with Gasteiger partial charge in [-0.25, -0.2) is 9.07 Å². The number of aromatic nitrogens is 2. The van der Waals surface area contributed by atoms with E-state index in [4.69, 9.17) is 0 Å². The van der Waals surface area contributed by atoms with Gasteiger partial charge >= 0.3 is 0 Å². The molecule has 3 rings (SSSR count). The number of nitrogens with one attached hydrogen (secondary N) is 1. The van der Waals surface area contributed by atoms with Crippen molar-refractivity contribution in [3.8, 4) is 5.69 Å². The van der Waals surface area contributed by atoms with Gasteiger partial charge in [-0.15, -0.1) is 0 Å². The third-order valence-electron chi connectivity index (χ3n) is 3.62. The summed E-state index contributed by atoms with van der Waals surface area (Å²) in [5, 5.41) is 7.17. The number of anilines is 1. The number of carbonyl (C=O) groups is 1. The predicted octanol–water partition coefficient (Wildman–Crippen LogP) is 4.64. The lowest BCUT2D eigenvalue weighted by molar-refractivity contribution is 0.102. The largest absolute Gasteiger partial charge is 0.320 e. The molecule has 122 valence electrons. The maximum absolute atomic E-state index is 13.0. The summed E-state index contributed by atoms with van der Waals surface area (Å²) in [6.07, 6.45) is 1.67. The molecule has 0 aliphatic carbocycles. The Kier molecular flexibility index (Phi) is 4.49. The van der Waals surface area contributed by atoms with Gasteiger partial charge < -0.3 is 5.32 Å². The summed E-state index contributed by atoms with van der Waals surface area (Å²) < 4.78 is 15.1. The minimum atomic E-state index is -0.321. The van der Waals surface area contributed by atoms with E-state index in [9.17, 15) is 9.18 Å². The van der Waals surface area contributed by atoms with Crippen LogP contribution in [0.25, 0.3) is 5.69 Å². The summed E-state index contributed by atoms with van der Waals surface area (Å²) in [4.78, 5) is 12.5. The quantitative estimate of drug-likeness (QED) is 0.711. The zero-order valence-electron chi connectivity index (χ0n) is 13.2. The van der Waals surface area contributed by atoms with E-state index in [0.29, 0.717) is 10.2 Å². The molecule has 3 aromatic rings. The number of hydrogen-bond acceptors (Lipinski definition) is 2. The summed E-state index contributed by atoms with van der Waals surface area (Å²) in [6, 6.07) is 11.8. The van der Waals surface area contributed by atoms with Crippen molar-refractivity contribution in [1.82, 2.24) is 9.78 Å². The molecule has 0 spiro atoms. The van der Waals surface area contributed by atoms with E-state index in [-0.39, 0.29) is 17.4 Å². The van der Waals surface area contributed by atoms with E-state index < -0.39 is 0 Å². The first-order chi connectivity index (χ1) is 11.4. The van der Waals surface area contributed by atoms with Gasteiger partial charge in [-0.3, -0.25) is 4.79 Å². The fourth-order valence-corrected chi connectivity index (χ4v) is 2.74. The van der Waals surface area contributed by atoms with Gasteiger partial charge in [-0.1, -0.05) is 12.1 Å². The third kappa shape index (κ3) is 3.38. The van der Waals surface area contributed by atoms with Gasteiger partial charge in [0, 0.05) is 11.9 Å². The van der Waals surface area contributed by atoms with E-state index in [1.165, 1.54) is 16.8 Å². The molecule has 24 heavy (non-hydrogen) atoms. The first-order valence-corrected chi connectivity index (χ1v) is 8.13. The Morgan fingerprint density at radius 1 is 1.17 bits per heavy atom. The summed E-state index contributed by atoms with van der Waals surface area (Å²) in [5.41, 5.74) is 3.72. The maximum Gasteiger partial charge on any atom is 0.277 e. The van der Waals surface area contributed by atoms with Crippen molar-refractivity contribution in [2.24, 2.45) is 0 Å². The van der Waals surface area contributed by atoms with Crippen molar-refractivity contribution in [1.29, 1.82) is 0 Å². The molecule has 0 bridgehead atoms. The lowest BCUT2D eigenvalue weighted by Gasteiger charge is -2.08. The minimum absolute atomic E-state index is 0.264. The zero-order chi connectivity index (χ0) is 17.3. The van der Waals surface area contributed by atoms with Crippen LogP contribution >= 0.6 is 15.9 Å². The number of benzene rings is 2. The molecule has 1 aromatic heterocycles. The molecule has 0 saturated heterocycles. The standard InChI is InChI=1S/C18H15BrFN3O/c1-11-3-4-12(2)16(9-11)21-18(24)17-15(19)10-23(22-17)14-7-5-13(20)6-8-14/h3-10H,1-2H3,(H,21,24). The number of amides is 1. The monoisotopic (exact) mass is 387 g/mol. The molecule has 0 saturated carbocycles. The molecule has 0 aliphatic heterocycles. The minimum Gasteiger partial charge on any atom is -0.320 e. The number of rotatable bonds is 3. The molecular formula is C18H15BrFN3O. The van der Waals surface area contributed by atoms with Gasteiger partial charge in [0.05, 0.1) is 10.2 Å². The summed E-state index contributed by atoms with van der Waals surface area (Å²) in [6.45, 7) is 3.90. The van der Waals surface area contributed by atoms with Gasteiger partial charge in [0.1, 0.15) is 5.82 Å². The molecular weight excluding hydrogens is 373 g/mol. The van der Waals surface area contributed by atoms with E-state index in [2.05, 4.69) is 26.3 Å². The highest BCUT2D eigenvalue weighted by atomic mass is 79.9. The van der Waals surface area contributed by atoms with E-state index >= 15 is 0 Å². The van der Waals surface area contributed by atoms with Crippen LogP contribution in [0, 0.1) is 19.7 Å². The molecule has 0 atom stereocenters. The van der Waals surface area contributed by atoms with Crippen LogP contribution in [0.2, 0.25) is 0 Å². The molecule has 0 fully saturated rings. The number of halogens is 2. The topological polar surface area (TPSA) is 46.9 Å². The fourth-order valence-electron chi connectivity index (χ4n) is 2.28. The van der Waals surface area contributed by atoms with Crippen molar-refractivity contribution >= 4 is 27.5 Å². The Hall–Kier alpha value is -2.47. The van der Waals surface area contributed by atoms with E-state index in [1.807, 2.05) is 32.0 Å². The molecule has 0 radical (unpaired) electrons. The highest BCUT2D eigenvalue weighted by Crippen LogP contribution is 2.21. The zero-order valence-corrected chi connectivity index (χ0v) is 14.8. The molecule has 1 heterocycles. The average Bonchev–Trinajstić information content (AvgIpc) is 2.93. The van der Waals surface area contributed by atoms with Crippen molar-refractivity contribution < 1.29 is 9.18 Å². The van der Waals surface area contributed by atoms with Gasteiger partial charge in [0.25, 0.3) is 5.91 Å². The highest BCUT2D eigenvalue weighted by molar-refractivity contribution is 9.10. The Morgan fingerprint density at radius 2 is 1.88 bits per heavy atom. The Balaban J connectivity index is 1.88. The maximum atomic E-state index is 13.0. The summed E-state index contributed by atoms with van der Waals surface area (Å²) in [5.74, 6) is -0.630. The van der Waals surface area contributed by atoms with Crippen LogP contribution in [0.4, 0.5) is 10.1 Å². The van der Waals surface area contributed by atoms with Crippen LogP contribution < -0.4 is 5.32 Å². The van der Waals surface area contributed by atoms with E-state index in [0.717, 1.165) is 16.8 Å². The van der Waals surface area contributed by atoms with Crippen molar-refractivity contribution in [2.75, 3.05) is 5.32 Å². The summed E-state index contributed by atoms with van der Waals surface area (Å²) in [7, 11) is 0. The highest BCUT2D eigenvalue weighted by Gasteiger charge is 2.17. The lowest BCUT2D eigenvalue weighted by Crippen LogP contribution is -2.14. The first kappa shape index (κ1) is 16.4. The van der Waals surface area contributed by atoms with Crippen molar-refractivity contribution in [3.05, 3.63) is 75.8 Å². The van der Waals surface area contributed by atoms with Gasteiger partial charge in [0.2, 0.25) is 0 Å². The predicted molar refractivity (Wildman–Crippen MR) is 95.1 cm³/mol. The first-order valence-electron chi connectivity index (χ1n) is 7.34. The van der Waals surface area contributed by atoms with Crippen LogP contribution in [0.15, 0.2) is 53.1 Å². The van der Waals surface area contributed by atoms with Crippen LogP contribution in [-0.2, 0) is 0 Å². The normalized spacial score (nSPS) is 10.7. The van der Waals surface area contributed by atoms with Gasteiger partial charge in [-0.05, 0) is 71.2 Å². The van der Waals surface area contributed by atoms with Crippen LogP contribution in [0.1, 0.15) is 21.6 Å². The molecule has 0 aliphatic rings.